The van der Waals surface area contributed by atoms with Crippen LogP contribution >= 0.6 is 0 Å². The number of aliphatic hydroxyl groups is 2. The molecule has 1 aromatic carbocycles. The minimum absolute atomic E-state index is 0.0336. The quantitative estimate of drug-likeness (QED) is 0.316. The lowest BCUT2D eigenvalue weighted by molar-refractivity contribution is -0.197. The molecule has 2 fully saturated rings. The third-order valence-corrected chi connectivity index (χ3v) is 18.8. The van der Waals surface area contributed by atoms with Crippen LogP contribution in [0, 0.1) is 17.8 Å². The Balaban J connectivity index is 1.88. The molecular formula is C30H54O5Si2. The highest BCUT2D eigenvalue weighted by Crippen LogP contribution is 2.48. The predicted octanol–water partition coefficient (Wildman–Crippen LogP) is 5.92. The number of ether oxygens (including phenoxy) is 2. The molecule has 1 aliphatic carbocycles. The standard InChI is InChI=1S/C30H54O5Si2/c1-30(2,3)37(6,7)34-22-27-26(23(21-32)19-28(27)35-29-15-11-12-18-33-29)20-25(16-17-31)36(4,5)24-13-9-8-10-14-24/h8-10,13-14,23,25-29,31-32H,11-12,15-22H2,1-7H3/t23-,25?,26+,27-,28-,29?/m0/s1. The Kier molecular flexibility index (Phi) is 11.1. The minimum atomic E-state index is -1.94. The van der Waals surface area contributed by atoms with Crippen molar-refractivity contribution >= 4 is 21.6 Å². The lowest BCUT2D eigenvalue weighted by atomic mass is 9.85. The Bertz CT molecular complexity index is 804. The van der Waals surface area contributed by atoms with Gasteiger partial charge in [-0.05, 0) is 74.0 Å². The summed E-state index contributed by atoms with van der Waals surface area (Å²) < 4.78 is 19.5. The van der Waals surface area contributed by atoms with Crippen LogP contribution in [0.3, 0.4) is 0 Å². The number of hydrogen-bond donors (Lipinski definition) is 2. The van der Waals surface area contributed by atoms with Crippen LogP contribution in [0.4, 0.5) is 0 Å². The van der Waals surface area contributed by atoms with Crippen molar-refractivity contribution in [3.8, 4) is 0 Å². The molecule has 1 aromatic rings. The van der Waals surface area contributed by atoms with E-state index in [1.165, 1.54) is 5.19 Å². The summed E-state index contributed by atoms with van der Waals surface area (Å²) in [5.41, 5.74) is 0.416. The summed E-state index contributed by atoms with van der Waals surface area (Å²) in [4.78, 5) is 0. The molecule has 2 N–H and O–H groups in total. The number of hydrogen-bond acceptors (Lipinski definition) is 5. The molecule has 0 spiro atoms. The number of benzene rings is 1. The van der Waals surface area contributed by atoms with Gasteiger partial charge in [-0.2, -0.15) is 0 Å². The van der Waals surface area contributed by atoms with Crippen LogP contribution in [-0.2, 0) is 13.9 Å². The third kappa shape index (κ3) is 7.77. The molecule has 5 nitrogen and oxygen atoms in total. The summed E-state index contributed by atoms with van der Waals surface area (Å²) in [5, 5.41) is 22.2. The monoisotopic (exact) mass is 550 g/mol. The van der Waals surface area contributed by atoms with Crippen LogP contribution in [0.1, 0.15) is 59.3 Å². The Morgan fingerprint density at radius 1 is 1.03 bits per heavy atom. The Labute approximate surface area is 228 Å². The molecule has 37 heavy (non-hydrogen) atoms. The van der Waals surface area contributed by atoms with Crippen molar-refractivity contribution in [3.05, 3.63) is 30.3 Å². The van der Waals surface area contributed by atoms with Crippen molar-refractivity contribution in [1.29, 1.82) is 0 Å². The van der Waals surface area contributed by atoms with Gasteiger partial charge in [0, 0.05) is 32.3 Å². The molecular weight excluding hydrogens is 496 g/mol. The fraction of sp³-hybridized carbons (Fsp3) is 0.800. The summed E-state index contributed by atoms with van der Waals surface area (Å²) >= 11 is 0. The van der Waals surface area contributed by atoms with Gasteiger partial charge in [0.25, 0.3) is 0 Å². The van der Waals surface area contributed by atoms with Crippen LogP contribution in [0.5, 0.6) is 0 Å². The van der Waals surface area contributed by atoms with E-state index in [0.29, 0.717) is 18.1 Å². The second-order valence-corrected chi connectivity index (χ2v) is 23.2. The van der Waals surface area contributed by atoms with Crippen molar-refractivity contribution in [2.75, 3.05) is 26.4 Å². The molecule has 3 rings (SSSR count). The van der Waals surface area contributed by atoms with E-state index in [9.17, 15) is 10.2 Å². The molecule has 1 heterocycles. The summed E-state index contributed by atoms with van der Waals surface area (Å²) in [6, 6.07) is 10.9. The summed E-state index contributed by atoms with van der Waals surface area (Å²) in [6.45, 7) is 18.2. The van der Waals surface area contributed by atoms with Gasteiger partial charge < -0.3 is 24.1 Å². The molecule has 6 atom stereocenters. The SMILES string of the molecule is CC(C)(C)[Si](C)(C)OC[C@H]1[C@H](CC(CCO)[Si](C)(C)c2ccccc2)[C@H](CO)C[C@@H]1OC1CCCCO1. The second-order valence-electron chi connectivity index (χ2n) is 13.6. The topological polar surface area (TPSA) is 68.2 Å². The first kappa shape index (κ1) is 31.0. The van der Waals surface area contributed by atoms with Gasteiger partial charge in [0.05, 0.1) is 14.2 Å². The highest BCUT2D eigenvalue weighted by molar-refractivity contribution is 6.91. The van der Waals surface area contributed by atoms with E-state index >= 15 is 0 Å². The van der Waals surface area contributed by atoms with E-state index in [1.54, 1.807) is 0 Å². The highest BCUT2D eigenvalue weighted by atomic mass is 28.4. The first-order valence-corrected chi connectivity index (χ1v) is 20.6. The van der Waals surface area contributed by atoms with Crippen LogP contribution in [0.25, 0.3) is 0 Å². The van der Waals surface area contributed by atoms with Gasteiger partial charge in [-0.25, -0.2) is 0 Å². The van der Waals surface area contributed by atoms with Crippen LogP contribution in [0.2, 0.25) is 36.8 Å². The van der Waals surface area contributed by atoms with E-state index in [1.807, 2.05) is 0 Å². The van der Waals surface area contributed by atoms with E-state index in [4.69, 9.17) is 13.9 Å². The zero-order valence-corrected chi connectivity index (χ0v) is 26.5. The van der Waals surface area contributed by atoms with Crippen LogP contribution in [0.15, 0.2) is 30.3 Å². The Morgan fingerprint density at radius 2 is 1.73 bits per heavy atom. The average Bonchev–Trinajstić information content (AvgIpc) is 3.18. The van der Waals surface area contributed by atoms with E-state index in [-0.39, 0.29) is 42.5 Å². The maximum Gasteiger partial charge on any atom is 0.191 e. The van der Waals surface area contributed by atoms with Crippen molar-refractivity contribution in [3.63, 3.8) is 0 Å². The van der Waals surface area contributed by atoms with Crippen LogP contribution < -0.4 is 5.19 Å². The number of aliphatic hydroxyl groups excluding tert-OH is 2. The van der Waals surface area contributed by atoms with Gasteiger partial charge in [-0.1, -0.05) is 69.4 Å². The highest BCUT2D eigenvalue weighted by Gasteiger charge is 2.48. The summed E-state index contributed by atoms with van der Waals surface area (Å²) in [7, 11) is -3.80. The van der Waals surface area contributed by atoms with Gasteiger partial charge in [-0.3, -0.25) is 0 Å². The zero-order valence-electron chi connectivity index (χ0n) is 24.5. The molecule has 0 bridgehead atoms. The van der Waals surface area contributed by atoms with E-state index in [0.717, 1.165) is 45.1 Å². The lowest BCUT2D eigenvalue weighted by Crippen LogP contribution is -2.48. The maximum absolute atomic E-state index is 10.5. The molecule has 7 heteroatoms. The van der Waals surface area contributed by atoms with Crippen LogP contribution in [-0.4, -0.2) is 65.4 Å². The molecule has 0 aromatic heterocycles. The molecule has 1 aliphatic heterocycles. The molecule has 212 valence electrons. The predicted molar refractivity (Wildman–Crippen MR) is 157 cm³/mol. The molecule has 1 saturated heterocycles. The van der Waals surface area contributed by atoms with Crippen molar-refractivity contribution in [1.82, 2.24) is 0 Å². The zero-order chi connectivity index (χ0) is 27.3. The molecule has 0 radical (unpaired) electrons. The van der Waals surface area contributed by atoms with Gasteiger partial charge in [0.2, 0.25) is 0 Å². The third-order valence-electron chi connectivity index (χ3n) is 9.88. The van der Waals surface area contributed by atoms with Gasteiger partial charge in [-0.15, -0.1) is 0 Å². The Morgan fingerprint density at radius 3 is 2.30 bits per heavy atom. The maximum atomic E-state index is 10.5. The lowest BCUT2D eigenvalue weighted by Gasteiger charge is -2.40. The van der Waals surface area contributed by atoms with Crippen molar-refractivity contribution < 1.29 is 24.1 Å². The number of rotatable bonds is 12. The van der Waals surface area contributed by atoms with E-state index < -0.39 is 16.4 Å². The fourth-order valence-electron chi connectivity index (χ4n) is 6.13. The fourth-order valence-corrected chi connectivity index (χ4v) is 10.4. The van der Waals surface area contributed by atoms with Crippen molar-refractivity contribution in [2.45, 2.75) is 108 Å². The summed E-state index contributed by atoms with van der Waals surface area (Å²) in [6.07, 6.45) is 5.74. The van der Waals surface area contributed by atoms with Gasteiger partial charge >= 0.3 is 0 Å². The van der Waals surface area contributed by atoms with Crippen molar-refractivity contribution in [2.24, 2.45) is 17.8 Å². The molecule has 2 aliphatic rings. The second kappa shape index (κ2) is 13.2. The average molecular weight is 551 g/mol. The molecule has 2 unspecified atom stereocenters. The van der Waals surface area contributed by atoms with Gasteiger partial charge in [0.1, 0.15) is 0 Å². The largest absolute Gasteiger partial charge is 0.416 e. The molecule has 0 amide bonds. The first-order valence-electron chi connectivity index (χ1n) is 14.6. The van der Waals surface area contributed by atoms with E-state index in [2.05, 4.69) is 77.3 Å². The first-order chi connectivity index (χ1) is 17.4. The Hall–Kier alpha value is -0.546. The molecule has 1 saturated carbocycles. The normalized spacial score (nSPS) is 28.4. The minimum Gasteiger partial charge on any atom is -0.416 e. The van der Waals surface area contributed by atoms with Gasteiger partial charge in [0.15, 0.2) is 14.6 Å². The smallest absolute Gasteiger partial charge is 0.191 e. The summed E-state index contributed by atoms with van der Waals surface area (Å²) in [5.74, 6) is 0.706.